The first kappa shape index (κ1) is 9.13. The first-order valence-electron chi connectivity index (χ1n) is 4.11. The van der Waals surface area contributed by atoms with Gasteiger partial charge >= 0.3 is 0 Å². The highest BCUT2D eigenvalue weighted by molar-refractivity contribution is 5.98. The summed E-state index contributed by atoms with van der Waals surface area (Å²) in [7, 11) is 0. The van der Waals surface area contributed by atoms with Crippen LogP contribution in [0.4, 0.5) is 0 Å². The van der Waals surface area contributed by atoms with E-state index in [9.17, 15) is 0 Å². The molecule has 2 heterocycles. The lowest BCUT2D eigenvalue weighted by Crippen LogP contribution is -2.18. The molecule has 2 aromatic heterocycles. The summed E-state index contributed by atoms with van der Waals surface area (Å²) < 4.78 is 1.49. The van der Waals surface area contributed by atoms with Gasteiger partial charge in [0, 0.05) is 6.20 Å². The monoisotopic (exact) mass is 204 g/mol. The molecule has 0 aromatic carbocycles. The second-order valence-electron chi connectivity index (χ2n) is 2.70. The summed E-state index contributed by atoms with van der Waals surface area (Å²) in [5, 5.41) is 15.4. The Balaban J connectivity index is 2.57. The molecule has 0 saturated carbocycles. The van der Waals surface area contributed by atoms with E-state index in [4.69, 9.17) is 10.9 Å². The summed E-state index contributed by atoms with van der Waals surface area (Å²) in [5.74, 6) is -0.0684. The van der Waals surface area contributed by atoms with Crippen LogP contribution in [0.15, 0.2) is 36.1 Å². The third-order valence-corrected chi connectivity index (χ3v) is 1.80. The van der Waals surface area contributed by atoms with E-state index in [2.05, 4.69) is 20.2 Å². The molecule has 7 nitrogen and oxygen atoms in total. The van der Waals surface area contributed by atoms with Crippen molar-refractivity contribution < 1.29 is 5.21 Å². The van der Waals surface area contributed by atoms with E-state index < -0.39 is 0 Å². The summed E-state index contributed by atoms with van der Waals surface area (Å²) in [5.41, 5.74) is 6.43. The van der Waals surface area contributed by atoms with Crippen LogP contribution in [0.3, 0.4) is 0 Å². The van der Waals surface area contributed by atoms with Gasteiger partial charge in [-0.05, 0) is 12.1 Å². The maximum Gasteiger partial charge on any atom is 0.190 e. The van der Waals surface area contributed by atoms with Crippen LogP contribution in [0.1, 0.15) is 5.69 Å². The lowest BCUT2D eigenvalue weighted by atomic mass is 10.3. The number of oxime groups is 1. The summed E-state index contributed by atoms with van der Waals surface area (Å²) >= 11 is 0. The molecule has 0 unspecified atom stereocenters. The Labute approximate surface area is 84.9 Å². The smallest absolute Gasteiger partial charge is 0.190 e. The number of hydrogen-bond donors (Lipinski definition) is 2. The molecule has 2 rings (SSSR count). The van der Waals surface area contributed by atoms with Gasteiger partial charge in [-0.15, -0.1) is 0 Å². The fourth-order valence-corrected chi connectivity index (χ4v) is 1.16. The molecule has 15 heavy (non-hydrogen) atoms. The SMILES string of the molecule is N/C(=N/O)c1ncccc1-n1cncn1. The van der Waals surface area contributed by atoms with Gasteiger partial charge in [0.2, 0.25) is 0 Å². The highest BCUT2D eigenvalue weighted by Gasteiger charge is 2.09. The van der Waals surface area contributed by atoms with E-state index in [0.717, 1.165) is 0 Å². The lowest BCUT2D eigenvalue weighted by Gasteiger charge is -2.05. The minimum atomic E-state index is -0.0684. The first-order chi connectivity index (χ1) is 7.33. The molecule has 0 atom stereocenters. The molecule has 0 aliphatic carbocycles. The molecule has 0 bridgehead atoms. The van der Waals surface area contributed by atoms with E-state index in [0.29, 0.717) is 11.4 Å². The topological polar surface area (TPSA) is 102 Å². The molecule has 0 fully saturated rings. The van der Waals surface area contributed by atoms with Gasteiger partial charge in [-0.1, -0.05) is 5.16 Å². The number of pyridine rings is 1. The predicted molar refractivity (Wildman–Crippen MR) is 51.7 cm³/mol. The number of hydrogen-bond acceptors (Lipinski definition) is 5. The predicted octanol–water partition coefficient (Wildman–Crippen LogP) is -0.243. The Morgan fingerprint density at radius 2 is 2.40 bits per heavy atom. The van der Waals surface area contributed by atoms with Crippen LogP contribution in [0, 0.1) is 0 Å². The Kier molecular flexibility index (Phi) is 2.28. The zero-order valence-corrected chi connectivity index (χ0v) is 7.65. The van der Waals surface area contributed by atoms with Gasteiger partial charge in [-0.25, -0.2) is 9.67 Å². The Morgan fingerprint density at radius 1 is 1.53 bits per heavy atom. The second kappa shape index (κ2) is 3.74. The number of nitrogens with zero attached hydrogens (tertiary/aromatic N) is 5. The van der Waals surface area contributed by atoms with Crippen LogP contribution >= 0.6 is 0 Å². The van der Waals surface area contributed by atoms with E-state index in [1.807, 2.05) is 0 Å². The number of nitrogens with two attached hydrogens (primary N) is 1. The second-order valence-corrected chi connectivity index (χ2v) is 2.70. The van der Waals surface area contributed by atoms with E-state index in [-0.39, 0.29) is 5.84 Å². The van der Waals surface area contributed by atoms with Crippen LogP contribution < -0.4 is 5.73 Å². The van der Waals surface area contributed by atoms with Crippen LogP contribution in [0.2, 0.25) is 0 Å². The molecule has 0 spiro atoms. The lowest BCUT2D eigenvalue weighted by molar-refractivity contribution is 0.318. The number of rotatable bonds is 2. The molecule has 2 aromatic rings. The van der Waals surface area contributed by atoms with Crippen LogP contribution in [-0.4, -0.2) is 30.8 Å². The zero-order valence-electron chi connectivity index (χ0n) is 7.65. The maximum atomic E-state index is 8.59. The van der Waals surface area contributed by atoms with Gasteiger partial charge in [0.15, 0.2) is 5.84 Å². The fourth-order valence-electron chi connectivity index (χ4n) is 1.16. The molecule has 0 aliphatic rings. The molecule has 7 heteroatoms. The summed E-state index contributed by atoms with van der Waals surface area (Å²) in [6, 6.07) is 3.47. The molecule has 0 radical (unpaired) electrons. The quantitative estimate of drug-likeness (QED) is 0.304. The minimum Gasteiger partial charge on any atom is -0.409 e. The Hall–Kier alpha value is -2.44. The van der Waals surface area contributed by atoms with Crippen molar-refractivity contribution in [2.75, 3.05) is 0 Å². The number of amidine groups is 1. The molecular formula is C8H8N6O. The Morgan fingerprint density at radius 3 is 3.07 bits per heavy atom. The maximum absolute atomic E-state index is 8.59. The summed E-state index contributed by atoms with van der Waals surface area (Å²) in [6.45, 7) is 0. The van der Waals surface area contributed by atoms with Crippen LogP contribution in [0.5, 0.6) is 0 Å². The average molecular weight is 204 g/mol. The third-order valence-electron chi connectivity index (χ3n) is 1.80. The largest absolute Gasteiger partial charge is 0.409 e. The highest BCUT2D eigenvalue weighted by atomic mass is 16.4. The zero-order chi connectivity index (χ0) is 10.7. The molecule has 0 aliphatic heterocycles. The van der Waals surface area contributed by atoms with Crippen molar-refractivity contribution >= 4 is 5.84 Å². The summed E-state index contributed by atoms with van der Waals surface area (Å²) in [4.78, 5) is 7.81. The normalized spacial score (nSPS) is 11.6. The van der Waals surface area contributed by atoms with E-state index >= 15 is 0 Å². The fraction of sp³-hybridized carbons (Fsp3) is 0. The molecule has 76 valence electrons. The molecule has 0 saturated heterocycles. The van der Waals surface area contributed by atoms with Crippen molar-refractivity contribution in [3.8, 4) is 5.69 Å². The first-order valence-corrected chi connectivity index (χ1v) is 4.11. The van der Waals surface area contributed by atoms with Crippen molar-refractivity contribution in [3.05, 3.63) is 36.7 Å². The average Bonchev–Trinajstić information content (AvgIpc) is 2.81. The van der Waals surface area contributed by atoms with Crippen molar-refractivity contribution in [3.63, 3.8) is 0 Å². The number of aromatic nitrogens is 4. The van der Waals surface area contributed by atoms with Crippen molar-refractivity contribution in [2.24, 2.45) is 10.9 Å². The highest BCUT2D eigenvalue weighted by Crippen LogP contribution is 2.09. The van der Waals surface area contributed by atoms with Gasteiger partial charge in [0.1, 0.15) is 18.3 Å². The van der Waals surface area contributed by atoms with Crippen LogP contribution in [-0.2, 0) is 0 Å². The van der Waals surface area contributed by atoms with E-state index in [1.165, 1.54) is 17.3 Å². The van der Waals surface area contributed by atoms with Crippen molar-refractivity contribution in [2.45, 2.75) is 0 Å². The molecule has 3 N–H and O–H groups in total. The van der Waals surface area contributed by atoms with Gasteiger partial charge in [0.05, 0.1) is 5.69 Å². The van der Waals surface area contributed by atoms with Crippen molar-refractivity contribution in [1.29, 1.82) is 0 Å². The van der Waals surface area contributed by atoms with Gasteiger partial charge in [-0.3, -0.25) is 4.98 Å². The standard InChI is InChI=1S/C8H8N6O/c9-8(13-15)7-6(2-1-3-11-7)14-5-10-4-12-14/h1-5,15H,(H2,9,13). The van der Waals surface area contributed by atoms with Gasteiger partial charge in [0.25, 0.3) is 0 Å². The van der Waals surface area contributed by atoms with E-state index in [1.54, 1.807) is 18.3 Å². The van der Waals surface area contributed by atoms with Crippen LogP contribution in [0.25, 0.3) is 5.69 Å². The van der Waals surface area contributed by atoms with Crippen molar-refractivity contribution in [1.82, 2.24) is 19.7 Å². The Bertz CT molecular complexity index is 478. The third kappa shape index (κ3) is 1.62. The summed E-state index contributed by atoms with van der Waals surface area (Å²) in [6.07, 6.45) is 4.45. The van der Waals surface area contributed by atoms with Gasteiger partial charge < -0.3 is 10.9 Å². The minimum absolute atomic E-state index is 0.0684. The molecule has 0 amide bonds. The molecular weight excluding hydrogens is 196 g/mol. The van der Waals surface area contributed by atoms with Gasteiger partial charge in [-0.2, -0.15) is 5.10 Å².